The van der Waals surface area contributed by atoms with Crippen LogP contribution in [0.4, 0.5) is 0 Å². The second kappa shape index (κ2) is 7.36. The highest BCUT2D eigenvalue weighted by molar-refractivity contribution is 7.98. The molecule has 1 heterocycles. The highest BCUT2D eigenvalue weighted by Gasteiger charge is 2.07. The third kappa shape index (κ3) is 3.62. The van der Waals surface area contributed by atoms with Gasteiger partial charge in [-0.1, -0.05) is 29.5 Å². The first-order valence-electron chi connectivity index (χ1n) is 7.91. The molecule has 1 amide bonds. The van der Waals surface area contributed by atoms with Gasteiger partial charge in [0.05, 0.1) is 16.6 Å². The fourth-order valence-electron chi connectivity index (χ4n) is 2.64. The maximum atomic E-state index is 12.4. The molecule has 3 aromatic rings. The van der Waals surface area contributed by atoms with Gasteiger partial charge in [-0.25, -0.2) is 0 Å². The van der Waals surface area contributed by atoms with E-state index in [0.717, 1.165) is 22.4 Å². The predicted octanol–water partition coefficient (Wildman–Crippen LogP) is 4.42. The van der Waals surface area contributed by atoms with E-state index in [1.54, 1.807) is 23.1 Å². The molecule has 24 heavy (non-hydrogen) atoms. The van der Waals surface area contributed by atoms with Crippen molar-refractivity contribution in [2.24, 2.45) is 4.99 Å². The van der Waals surface area contributed by atoms with E-state index < -0.39 is 0 Å². The largest absolute Gasteiger partial charge is 0.317 e. The van der Waals surface area contributed by atoms with Crippen molar-refractivity contribution < 1.29 is 4.79 Å². The molecule has 0 radical (unpaired) electrons. The van der Waals surface area contributed by atoms with E-state index in [2.05, 4.69) is 41.6 Å². The standard InChI is InChI=1S/C19H20N2OS2/c1-4-21-16-10-5-13(2)11-17(16)24-19(21)20-18(22)12-14-6-8-15(23-3)9-7-14/h5-11H,4,12H2,1-3H3. The summed E-state index contributed by atoms with van der Waals surface area (Å²) in [6, 6.07) is 14.4. The SMILES string of the molecule is CCn1c(=NC(=O)Cc2ccc(SC)cc2)sc2cc(C)ccc21. The number of amides is 1. The van der Waals surface area contributed by atoms with Crippen LogP contribution in [0.2, 0.25) is 0 Å². The summed E-state index contributed by atoms with van der Waals surface area (Å²) in [5.74, 6) is -0.0996. The Hall–Kier alpha value is -1.85. The Balaban J connectivity index is 1.91. The lowest BCUT2D eigenvalue weighted by Gasteiger charge is -2.01. The number of hydrogen-bond donors (Lipinski definition) is 0. The first-order chi connectivity index (χ1) is 11.6. The number of thioether (sulfide) groups is 1. The summed E-state index contributed by atoms with van der Waals surface area (Å²) < 4.78 is 3.28. The van der Waals surface area contributed by atoms with Gasteiger partial charge in [0.1, 0.15) is 0 Å². The number of thiazole rings is 1. The third-order valence-electron chi connectivity index (χ3n) is 3.89. The van der Waals surface area contributed by atoms with Gasteiger partial charge in [0.2, 0.25) is 0 Å². The van der Waals surface area contributed by atoms with E-state index in [1.807, 2.05) is 30.5 Å². The summed E-state index contributed by atoms with van der Waals surface area (Å²) in [6.07, 6.45) is 2.38. The Kier molecular flexibility index (Phi) is 5.21. The summed E-state index contributed by atoms with van der Waals surface area (Å²) in [7, 11) is 0. The number of carbonyl (C=O) groups excluding carboxylic acids is 1. The van der Waals surface area contributed by atoms with E-state index in [-0.39, 0.29) is 5.91 Å². The van der Waals surface area contributed by atoms with Gasteiger partial charge in [0, 0.05) is 11.4 Å². The van der Waals surface area contributed by atoms with Gasteiger partial charge in [-0.15, -0.1) is 11.8 Å². The van der Waals surface area contributed by atoms with Crippen molar-refractivity contribution >= 4 is 39.2 Å². The Morgan fingerprint density at radius 1 is 1.21 bits per heavy atom. The zero-order chi connectivity index (χ0) is 17.1. The molecule has 0 saturated heterocycles. The van der Waals surface area contributed by atoms with Crippen LogP contribution in [0, 0.1) is 6.92 Å². The molecule has 0 aliphatic rings. The molecule has 5 heteroatoms. The van der Waals surface area contributed by atoms with Crippen LogP contribution >= 0.6 is 23.1 Å². The van der Waals surface area contributed by atoms with E-state index in [0.29, 0.717) is 6.42 Å². The molecule has 0 bridgehead atoms. The minimum Gasteiger partial charge on any atom is -0.317 e. The summed E-state index contributed by atoms with van der Waals surface area (Å²) in [5.41, 5.74) is 3.37. The van der Waals surface area contributed by atoms with Gasteiger partial charge >= 0.3 is 0 Å². The highest BCUT2D eigenvalue weighted by atomic mass is 32.2. The van der Waals surface area contributed by atoms with Crippen molar-refractivity contribution in [3.8, 4) is 0 Å². The lowest BCUT2D eigenvalue weighted by Crippen LogP contribution is -2.16. The number of fused-ring (bicyclic) bond motifs is 1. The average molecular weight is 357 g/mol. The summed E-state index contributed by atoms with van der Waals surface area (Å²) in [4.78, 5) is 18.7. The first kappa shape index (κ1) is 17.0. The monoisotopic (exact) mass is 356 g/mol. The third-order valence-corrected chi connectivity index (χ3v) is 5.67. The normalized spacial score (nSPS) is 12.0. The fraction of sp³-hybridized carbons (Fsp3) is 0.263. The maximum absolute atomic E-state index is 12.4. The van der Waals surface area contributed by atoms with Crippen LogP contribution < -0.4 is 4.80 Å². The Bertz CT molecular complexity index is 936. The van der Waals surface area contributed by atoms with Crippen molar-refractivity contribution in [1.82, 2.24) is 4.57 Å². The van der Waals surface area contributed by atoms with Crippen molar-refractivity contribution in [2.75, 3.05) is 6.26 Å². The second-order valence-corrected chi connectivity index (χ2v) is 7.52. The summed E-state index contributed by atoms with van der Waals surface area (Å²) >= 11 is 3.28. The Morgan fingerprint density at radius 2 is 1.96 bits per heavy atom. The van der Waals surface area contributed by atoms with Crippen molar-refractivity contribution in [3.05, 3.63) is 58.4 Å². The van der Waals surface area contributed by atoms with Crippen LogP contribution in [-0.2, 0) is 17.8 Å². The molecule has 0 aliphatic heterocycles. The van der Waals surface area contributed by atoms with Crippen molar-refractivity contribution in [2.45, 2.75) is 31.7 Å². The second-order valence-electron chi connectivity index (χ2n) is 5.63. The minimum atomic E-state index is -0.0996. The van der Waals surface area contributed by atoms with Crippen molar-refractivity contribution in [3.63, 3.8) is 0 Å². The molecule has 0 unspecified atom stereocenters. The number of aromatic nitrogens is 1. The van der Waals surface area contributed by atoms with Gasteiger partial charge in [-0.05, 0) is 55.5 Å². The van der Waals surface area contributed by atoms with E-state index in [1.165, 1.54) is 15.2 Å². The molecule has 3 rings (SSSR count). The number of benzene rings is 2. The maximum Gasteiger partial charge on any atom is 0.252 e. The quantitative estimate of drug-likeness (QED) is 0.648. The van der Waals surface area contributed by atoms with Gasteiger partial charge in [-0.2, -0.15) is 4.99 Å². The molecule has 0 atom stereocenters. The van der Waals surface area contributed by atoms with E-state index >= 15 is 0 Å². The van der Waals surface area contributed by atoms with Crippen LogP contribution in [0.5, 0.6) is 0 Å². The molecule has 2 aromatic carbocycles. The van der Waals surface area contributed by atoms with Gasteiger partial charge < -0.3 is 4.57 Å². The Morgan fingerprint density at radius 3 is 2.62 bits per heavy atom. The number of rotatable bonds is 4. The van der Waals surface area contributed by atoms with Gasteiger partial charge in [-0.3, -0.25) is 4.79 Å². The summed E-state index contributed by atoms with van der Waals surface area (Å²) in [5, 5.41) is 0. The van der Waals surface area contributed by atoms with Crippen LogP contribution in [0.25, 0.3) is 10.2 Å². The van der Waals surface area contributed by atoms with Crippen LogP contribution in [0.1, 0.15) is 18.1 Å². The summed E-state index contributed by atoms with van der Waals surface area (Å²) in [6.45, 7) is 4.96. The molecule has 0 fully saturated rings. The smallest absolute Gasteiger partial charge is 0.252 e. The average Bonchev–Trinajstić information content (AvgIpc) is 2.91. The number of carbonyl (C=O) groups is 1. The molecular weight excluding hydrogens is 336 g/mol. The molecule has 124 valence electrons. The van der Waals surface area contributed by atoms with Gasteiger partial charge in [0.15, 0.2) is 4.80 Å². The Labute approximate surface area is 150 Å². The van der Waals surface area contributed by atoms with Crippen LogP contribution in [0.3, 0.4) is 0 Å². The van der Waals surface area contributed by atoms with Crippen molar-refractivity contribution in [1.29, 1.82) is 0 Å². The minimum absolute atomic E-state index is 0.0996. The number of nitrogens with zero attached hydrogens (tertiary/aromatic N) is 2. The fourth-order valence-corrected chi connectivity index (χ4v) is 4.25. The topological polar surface area (TPSA) is 34.4 Å². The highest BCUT2D eigenvalue weighted by Crippen LogP contribution is 2.19. The zero-order valence-corrected chi connectivity index (χ0v) is 15.7. The molecule has 0 aliphatic carbocycles. The molecular formula is C19H20N2OS2. The molecule has 3 nitrogen and oxygen atoms in total. The van der Waals surface area contributed by atoms with Crippen LogP contribution in [-0.4, -0.2) is 16.7 Å². The lowest BCUT2D eigenvalue weighted by atomic mass is 10.1. The van der Waals surface area contributed by atoms with E-state index in [9.17, 15) is 4.79 Å². The van der Waals surface area contributed by atoms with Gasteiger partial charge in [0.25, 0.3) is 5.91 Å². The number of aryl methyl sites for hydroxylation is 2. The van der Waals surface area contributed by atoms with Crippen LogP contribution in [0.15, 0.2) is 52.4 Å². The van der Waals surface area contributed by atoms with E-state index in [4.69, 9.17) is 0 Å². The first-order valence-corrected chi connectivity index (χ1v) is 9.95. The molecule has 0 saturated carbocycles. The predicted molar refractivity (Wildman–Crippen MR) is 103 cm³/mol. The number of hydrogen-bond acceptors (Lipinski definition) is 3. The zero-order valence-electron chi connectivity index (χ0n) is 14.1. The molecule has 0 N–H and O–H groups in total. The molecule has 1 aromatic heterocycles. The lowest BCUT2D eigenvalue weighted by molar-refractivity contribution is -0.117. The molecule has 0 spiro atoms.